The molecule has 0 radical (unpaired) electrons. The van der Waals surface area contributed by atoms with E-state index < -0.39 is 0 Å². The van der Waals surface area contributed by atoms with Crippen molar-refractivity contribution in [3.8, 4) is 0 Å². The second kappa shape index (κ2) is 6.21. The van der Waals surface area contributed by atoms with Gasteiger partial charge in [-0.05, 0) is 60.6 Å². The molecule has 1 nitrogen and oxygen atoms in total. The average Bonchev–Trinajstić information content (AvgIpc) is 2.46. The van der Waals surface area contributed by atoms with Gasteiger partial charge < -0.3 is 0 Å². The van der Waals surface area contributed by atoms with Crippen LogP contribution in [0, 0.1) is 5.92 Å². The van der Waals surface area contributed by atoms with Crippen molar-refractivity contribution in [1.29, 1.82) is 0 Å². The molecule has 3 rings (SSSR count). The molecule has 2 aromatic rings. The van der Waals surface area contributed by atoms with Gasteiger partial charge in [-0.25, -0.2) is 0 Å². The van der Waals surface area contributed by atoms with Crippen LogP contribution < -0.4 is 0 Å². The van der Waals surface area contributed by atoms with Crippen molar-refractivity contribution < 1.29 is 4.79 Å². The molecule has 0 heterocycles. The summed E-state index contributed by atoms with van der Waals surface area (Å²) in [6.07, 6.45) is 2.79. The van der Waals surface area contributed by atoms with E-state index in [0.717, 1.165) is 23.4 Å². The van der Waals surface area contributed by atoms with Crippen LogP contribution in [-0.2, 0) is 0 Å². The maximum Gasteiger partial charge on any atom is 0.163 e. The fourth-order valence-corrected chi connectivity index (χ4v) is 3.39. The minimum Gasteiger partial charge on any atom is -0.294 e. The highest BCUT2D eigenvalue weighted by Crippen LogP contribution is 2.46. The van der Waals surface area contributed by atoms with E-state index in [4.69, 9.17) is 23.2 Å². The van der Waals surface area contributed by atoms with Crippen LogP contribution >= 0.6 is 23.2 Å². The fraction of sp³-hybridized carbons (Fsp3) is 0.278. The van der Waals surface area contributed by atoms with E-state index in [1.54, 1.807) is 24.3 Å². The first-order chi connectivity index (χ1) is 10.1. The van der Waals surface area contributed by atoms with Crippen LogP contribution in [0.2, 0.25) is 10.0 Å². The van der Waals surface area contributed by atoms with E-state index in [-0.39, 0.29) is 5.78 Å². The lowest BCUT2D eigenvalue weighted by molar-refractivity contribution is 0.0919. The van der Waals surface area contributed by atoms with Crippen LogP contribution in [-0.4, -0.2) is 5.78 Å². The molecule has 0 unspecified atom stereocenters. The van der Waals surface area contributed by atoms with Gasteiger partial charge in [0.1, 0.15) is 0 Å². The van der Waals surface area contributed by atoms with Crippen LogP contribution in [0.5, 0.6) is 0 Å². The first-order valence-corrected chi connectivity index (χ1v) is 7.94. The second-order valence-corrected chi connectivity index (χ2v) is 6.44. The van der Waals surface area contributed by atoms with Crippen molar-refractivity contribution >= 4 is 29.0 Å². The summed E-state index contributed by atoms with van der Waals surface area (Å²) in [7, 11) is 0. The molecular weight excluding hydrogens is 303 g/mol. The van der Waals surface area contributed by atoms with Gasteiger partial charge in [-0.1, -0.05) is 41.4 Å². The van der Waals surface area contributed by atoms with Crippen molar-refractivity contribution in [1.82, 2.24) is 0 Å². The zero-order valence-electron chi connectivity index (χ0n) is 11.6. The maximum atomic E-state index is 12.3. The number of rotatable bonds is 4. The molecule has 1 saturated carbocycles. The Morgan fingerprint density at radius 2 is 1.71 bits per heavy atom. The quantitative estimate of drug-likeness (QED) is 0.655. The smallest absolute Gasteiger partial charge is 0.163 e. The highest BCUT2D eigenvalue weighted by Gasteiger charge is 2.34. The van der Waals surface area contributed by atoms with E-state index in [1.165, 1.54) is 5.56 Å². The lowest BCUT2D eigenvalue weighted by atomic mass is 9.67. The van der Waals surface area contributed by atoms with Gasteiger partial charge in [0.25, 0.3) is 0 Å². The van der Waals surface area contributed by atoms with Gasteiger partial charge in [-0.3, -0.25) is 4.79 Å². The summed E-state index contributed by atoms with van der Waals surface area (Å²) in [5, 5.41) is 1.47. The second-order valence-electron chi connectivity index (χ2n) is 5.60. The van der Waals surface area contributed by atoms with Crippen molar-refractivity contribution in [2.45, 2.75) is 25.2 Å². The number of carbonyl (C=O) groups is 1. The van der Waals surface area contributed by atoms with Crippen molar-refractivity contribution in [3.63, 3.8) is 0 Å². The fourth-order valence-electron chi connectivity index (χ4n) is 2.99. The van der Waals surface area contributed by atoms with Gasteiger partial charge in [0.05, 0.1) is 0 Å². The Bertz CT molecular complexity index is 649. The third-order valence-corrected chi connectivity index (χ3v) is 4.93. The first kappa shape index (κ1) is 14.6. The molecule has 0 bridgehead atoms. The van der Waals surface area contributed by atoms with Gasteiger partial charge in [0, 0.05) is 22.0 Å². The number of ketones is 1. The molecule has 0 saturated heterocycles. The molecule has 0 aliphatic heterocycles. The largest absolute Gasteiger partial charge is 0.294 e. The Kier molecular flexibility index (Phi) is 4.32. The monoisotopic (exact) mass is 318 g/mol. The number of carbonyl (C=O) groups excluding carboxylic acids is 1. The van der Waals surface area contributed by atoms with Gasteiger partial charge in [-0.15, -0.1) is 0 Å². The Balaban J connectivity index is 1.70. The van der Waals surface area contributed by atoms with Gasteiger partial charge >= 0.3 is 0 Å². The number of hydrogen-bond donors (Lipinski definition) is 0. The molecule has 0 aromatic heterocycles. The Hall–Kier alpha value is -1.31. The topological polar surface area (TPSA) is 17.1 Å². The predicted octanol–water partition coefficient (Wildman–Crippen LogP) is 5.76. The van der Waals surface area contributed by atoms with Crippen LogP contribution in [0.3, 0.4) is 0 Å². The zero-order chi connectivity index (χ0) is 14.8. The normalized spacial score (nSPS) is 20.9. The summed E-state index contributed by atoms with van der Waals surface area (Å²) in [6, 6.07) is 15.1. The Morgan fingerprint density at radius 1 is 1.00 bits per heavy atom. The minimum absolute atomic E-state index is 0.188. The number of benzene rings is 2. The molecule has 2 atom stereocenters. The van der Waals surface area contributed by atoms with Crippen LogP contribution in [0.25, 0.3) is 0 Å². The molecule has 1 aliphatic carbocycles. The van der Waals surface area contributed by atoms with E-state index >= 15 is 0 Å². The molecule has 0 amide bonds. The standard InChI is InChI=1S/C18H16Cl2O/c19-14-8-5-12(6-9-14)18(21)11-13-7-10-15(13)16-3-1-2-4-17(16)20/h1-6,8-9,13,15H,7,10-11H2/t13-,15-/m0/s1. The van der Waals surface area contributed by atoms with E-state index in [0.29, 0.717) is 23.3 Å². The molecule has 1 aliphatic rings. The Labute approximate surface area is 134 Å². The summed E-state index contributed by atoms with van der Waals surface area (Å²) in [4.78, 5) is 12.3. The number of Topliss-reactive ketones (excluding diaryl/α,β-unsaturated/α-hetero) is 1. The summed E-state index contributed by atoms with van der Waals surface area (Å²) < 4.78 is 0. The van der Waals surface area contributed by atoms with Crippen LogP contribution in [0.4, 0.5) is 0 Å². The van der Waals surface area contributed by atoms with Crippen molar-refractivity contribution in [2.24, 2.45) is 5.92 Å². The zero-order valence-corrected chi connectivity index (χ0v) is 13.1. The SMILES string of the molecule is O=C(C[C@@H]1CC[C@@H]1c1ccccc1Cl)c1ccc(Cl)cc1. The van der Waals surface area contributed by atoms with Crippen molar-refractivity contribution in [3.05, 3.63) is 69.7 Å². The average molecular weight is 319 g/mol. The summed E-state index contributed by atoms with van der Waals surface area (Å²) in [5.41, 5.74) is 1.92. The predicted molar refractivity (Wildman–Crippen MR) is 87.3 cm³/mol. The number of hydrogen-bond acceptors (Lipinski definition) is 1. The van der Waals surface area contributed by atoms with E-state index in [2.05, 4.69) is 6.07 Å². The molecule has 108 valence electrons. The summed E-state index contributed by atoms with van der Waals surface area (Å²) >= 11 is 12.1. The lowest BCUT2D eigenvalue weighted by Crippen LogP contribution is -2.26. The van der Waals surface area contributed by atoms with Gasteiger partial charge in [-0.2, -0.15) is 0 Å². The summed E-state index contributed by atoms with van der Waals surface area (Å²) in [5.74, 6) is 0.997. The molecule has 2 aromatic carbocycles. The third kappa shape index (κ3) is 3.14. The van der Waals surface area contributed by atoms with Crippen LogP contribution in [0.15, 0.2) is 48.5 Å². The molecule has 3 heteroatoms. The lowest BCUT2D eigenvalue weighted by Gasteiger charge is -2.37. The maximum absolute atomic E-state index is 12.3. The highest BCUT2D eigenvalue weighted by molar-refractivity contribution is 6.31. The number of halogens is 2. The summed E-state index contributed by atoms with van der Waals surface area (Å²) in [6.45, 7) is 0. The van der Waals surface area contributed by atoms with E-state index in [1.807, 2.05) is 18.2 Å². The van der Waals surface area contributed by atoms with Gasteiger partial charge in [0.15, 0.2) is 5.78 Å². The third-order valence-electron chi connectivity index (χ3n) is 4.34. The van der Waals surface area contributed by atoms with Crippen molar-refractivity contribution in [2.75, 3.05) is 0 Å². The molecular formula is C18H16Cl2O. The molecule has 21 heavy (non-hydrogen) atoms. The molecule has 1 fully saturated rings. The van der Waals surface area contributed by atoms with E-state index in [9.17, 15) is 4.79 Å². The molecule has 0 N–H and O–H groups in total. The Morgan fingerprint density at radius 3 is 2.33 bits per heavy atom. The highest BCUT2D eigenvalue weighted by atomic mass is 35.5. The van der Waals surface area contributed by atoms with Gasteiger partial charge in [0.2, 0.25) is 0 Å². The van der Waals surface area contributed by atoms with Crippen LogP contribution in [0.1, 0.15) is 41.1 Å². The molecule has 0 spiro atoms. The minimum atomic E-state index is 0.188. The first-order valence-electron chi connectivity index (χ1n) is 7.18.